The first-order valence-corrected chi connectivity index (χ1v) is 4.09. The molecule has 0 rings (SSSR count). The second-order valence-electron chi connectivity index (χ2n) is 2.97. The second-order valence-corrected chi connectivity index (χ2v) is 2.97. The lowest BCUT2D eigenvalue weighted by Crippen LogP contribution is -2.48. The van der Waals surface area contributed by atoms with Gasteiger partial charge < -0.3 is 16.2 Å². The third-order valence-corrected chi connectivity index (χ3v) is 1.61. The molecule has 0 aliphatic heterocycles. The largest absolute Gasteiger partial charge is 0.480 e. The molecule has 0 aromatic heterocycles. The van der Waals surface area contributed by atoms with Crippen LogP contribution >= 0.6 is 0 Å². The molecule has 10 heteroatoms. The molecule has 17 heavy (non-hydrogen) atoms. The van der Waals surface area contributed by atoms with Crippen LogP contribution in [0.4, 0.5) is 17.6 Å². The summed E-state index contributed by atoms with van der Waals surface area (Å²) < 4.78 is 48.0. The Hall–Kier alpha value is -1.87. The molecule has 0 heterocycles. The topological polar surface area (TPSA) is 109 Å². The molecule has 2 atom stereocenters. The van der Waals surface area contributed by atoms with Gasteiger partial charge in [0.1, 0.15) is 6.04 Å². The molecule has 0 unspecified atom stereocenters. The van der Waals surface area contributed by atoms with Gasteiger partial charge in [0.25, 0.3) is 5.91 Å². The van der Waals surface area contributed by atoms with E-state index in [1.54, 1.807) is 0 Å². The Morgan fingerprint density at radius 1 is 1.29 bits per heavy atom. The lowest BCUT2D eigenvalue weighted by atomic mass is 10.1. The predicted octanol–water partition coefficient (Wildman–Crippen LogP) is -0.668. The van der Waals surface area contributed by atoms with Gasteiger partial charge in [-0.15, -0.1) is 0 Å². The van der Waals surface area contributed by atoms with Crippen molar-refractivity contribution in [1.29, 1.82) is 0 Å². The summed E-state index contributed by atoms with van der Waals surface area (Å²) in [5.74, 6) is -5.98. The van der Waals surface area contributed by atoms with Crippen molar-refractivity contribution < 1.29 is 37.1 Å². The van der Waals surface area contributed by atoms with Crippen LogP contribution in [-0.4, -0.2) is 41.3 Å². The predicted molar refractivity (Wildman–Crippen MR) is 44.3 cm³/mol. The van der Waals surface area contributed by atoms with E-state index < -0.39 is 42.6 Å². The minimum atomic E-state index is -5.30. The van der Waals surface area contributed by atoms with E-state index in [9.17, 15) is 31.9 Å². The molecule has 0 aromatic rings. The highest BCUT2D eigenvalue weighted by atomic mass is 19.4. The van der Waals surface area contributed by atoms with Crippen LogP contribution in [-0.2, 0) is 14.4 Å². The molecule has 0 radical (unpaired) electrons. The molecule has 6 nitrogen and oxygen atoms in total. The van der Waals surface area contributed by atoms with Gasteiger partial charge in [-0.05, 0) is 0 Å². The molecule has 0 bridgehead atoms. The van der Waals surface area contributed by atoms with Crippen LogP contribution in [0, 0.1) is 0 Å². The number of aliphatic carboxylic acids is 1. The van der Waals surface area contributed by atoms with Crippen LogP contribution in [0.5, 0.6) is 0 Å². The number of hydrogen-bond acceptors (Lipinski definition) is 3. The Morgan fingerprint density at radius 2 is 1.76 bits per heavy atom. The summed E-state index contributed by atoms with van der Waals surface area (Å²) in [6, 6.07) is -2.19. The number of amides is 2. The van der Waals surface area contributed by atoms with Crippen molar-refractivity contribution in [3.63, 3.8) is 0 Å². The lowest BCUT2D eigenvalue weighted by molar-refractivity contribution is -0.175. The molecule has 0 fully saturated rings. The minimum Gasteiger partial charge on any atom is -0.480 e. The van der Waals surface area contributed by atoms with E-state index in [0.29, 0.717) is 0 Å². The van der Waals surface area contributed by atoms with Gasteiger partial charge in [0.05, 0.1) is 0 Å². The second kappa shape index (κ2) is 5.46. The SMILES string of the molecule is NC(=O)[C@@H](F)C[C@@H](NC(=O)C(F)(F)F)C(=O)O. The molecule has 2 amide bonds. The molecular formula is C7H8F4N2O4. The Balaban J connectivity index is 4.62. The van der Waals surface area contributed by atoms with Crippen molar-refractivity contribution >= 4 is 17.8 Å². The lowest BCUT2D eigenvalue weighted by Gasteiger charge is -2.16. The van der Waals surface area contributed by atoms with Crippen LogP contribution in [0.15, 0.2) is 0 Å². The molecular weight excluding hydrogens is 252 g/mol. The monoisotopic (exact) mass is 260 g/mol. The van der Waals surface area contributed by atoms with Gasteiger partial charge >= 0.3 is 18.1 Å². The number of nitrogens with two attached hydrogens (primary N) is 1. The smallest absolute Gasteiger partial charge is 0.471 e. The van der Waals surface area contributed by atoms with Gasteiger partial charge in [-0.3, -0.25) is 9.59 Å². The van der Waals surface area contributed by atoms with Crippen molar-refractivity contribution in [1.82, 2.24) is 5.32 Å². The Labute approximate surface area is 91.8 Å². The van der Waals surface area contributed by atoms with Crippen molar-refractivity contribution in [3.05, 3.63) is 0 Å². The first-order chi connectivity index (χ1) is 7.55. The average molecular weight is 260 g/mol. The Bertz CT molecular complexity index is 330. The van der Waals surface area contributed by atoms with Gasteiger partial charge in [0.2, 0.25) is 0 Å². The summed E-state index contributed by atoms with van der Waals surface area (Å²) in [4.78, 5) is 31.1. The number of carboxylic acids is 1. The molecule has 0 aliphatic rings. The van der Waals surface area contributed by atoms with E-state index in [1.165, 1.54) is 0 Å². The normalized spacial score (nSPS) is 14.8. The van der Waals surface area contributed by atoms with Gasteiger partial charge in [-0.1, -0.05) is 0 Å². The standard InChI is InChI=1S/C7H8F4N2O4/c8-2(4(12)14)1-3(5(15)16)13-6(17)7(9,10)11/h2-3H,1H2,(H2,12,14)(H,13,17)(H,15,16)/t2-,3+/m0/s1. The number of carbonyl (C=O) groups excluding carboxylic acids is 2. The quantitative estimate of drug-likeness (QED) is 0.569. The number of carboxylic acid groups (broad SMARTS) is 1. The van der Waals surface area contributed by atoms with E-state index in [0.717, 1.165) is 5.32 Å². The van der Waals surface area contributed by atoms with Gasteiger partial charge in [0.15, 0.2) is 6.17 Å². The van der Waals surface area contributed by atoms with Crippen molar-refractivity contribution in [3.8, 4) is 0 Å². The van der Waals surface area contributed by atoms with Crippen LogP contribution in [0.3, 0.4) is 0 Å². The van der Waals surface area contributed by atoms with Crippen molar-refractivity contribution in [2.24, 2.45) is 5.73 Å². The Morgan fingerprint density at radius 3 is 2.06 bits per heavy atom. The fourth-order valence-corrected chi connectivity index (χ4v) is 0.785. The summed E-state index contributed by atoms with van der Waals surface area (Å²) in [6.07, 6.45) is -8.94. The van der Waals surface area contributed by atoms with E-state index in [2.05, 4.69) is 5.73 Å². The minimum absolute atomic E-state index is 1.03. The van der Waals surface area contributed by atoms with Gasteiger partial charge in [-0.2, -0.15) is 13.2 Å². The van der Waals surface area contributed by atoms with Crippen molar-refractivity contribution in [2.45, 2.75) is 24.8 Å². The molecule has 98 valence electrons. The molecule has 0 spiro atoms. The highest BCUT2D eigenvalue weighted by Crippen LogP contribution is 2.15. The van der Waals surface area contributed by atoms with Crippen molar-refractivity contribution in [2.75, 3.05) is 0 Å². The third-order valence-electron chi connectivity index (χ3n) is 1.61. The number of halogens is 4. The number of primary amides is 1. The van der Waals surface area contributed by atoms with E-state index in [1.807, 2.05) is 0 Å². The zero-order chi connectivity index (χ0) is 13.8. The summed E-state index contributed by atoms with van der Waals surface area (Å²) in [5.41, 5.74) is 4.46. The Kier molecular flexibility index (Phi) is 4.86. The first kappa shape index (κ1) is 15.1. The number of hydrogen-bond donors (Lipinski definition) is 3. The summed E-state index contributed by atoms with van der Waals surface area (Å²) >= 11 is 0. The highest BCUT2D eigenvalue weighted by Gasteiger charge is 2.41. The maximum absolute atomic E-state index is 12.7. The maximum atomic E-state index is 12.7. The molecule has 0 saturated carbocycles. The fraction of sp³-hybridized carbons (Fsp3) is 0.571. The van der Waals surface area contributed by atoms with Crippen LogP contribution in [0.25, 0.3) is 0 Å². The molecule has 4 N–H and O–H groups in total. The number of alkyl halides is 4. The van der Waals surface area contributed by atoms with E-state index in [4.69, 9.17) is 5.11 Å². The fourth-order valence-electron chi connectivity index (χ4n) is 0.785. The number of rotatable bonds is 5. The molecule has 0 aliphatic carbocycles. The van der Waals surface area contributed by atoms with Crippen LogP contribution < -0.4 is 11.1 Å². The molecule has 0 saturated heterocycles. The molecule has 0 aromatic carbocycles. The number of nitrogens with one attached hydrogen (secondary N) is 1. The van der Waals surface area contributed by atoms with E-state index in [-0.39, 0.29) is 0 Å². The number of carbonyl (C=O) groups is 3. The van der Waals surface area contributed by atoms with Gasteiger partial charge in [-0.25, -0.2) is 9.18 Å². The van der Waals surface area contributed by atoms with E-state index >= 15 is 0 Å². The summed E-state index contributed by atoms with van der Waals surface area (Å²) in [7, 11) is 0. The zero-order valence-corrected chi connectivity index (χ0v) is 8.12. The van der Waals surface area contributed by atoms with Crippen LogP contribution in [0.1, 0.15) is 6.42 Å². The van der Waals surface area contributed by atoms with Crippen LogP contribution in [0.2, 0.25) is 0 Å². The van der Waals surface area contributed by atoms with Gasteiger partial charge in [0, 0.05) is 6.42 Å². The maximum Gasteiger partial charge on any atom is 0.471 e. The summed E-state index contributed by atoms with van der Waals surface area (Å²) in [5, 5.41) is 9.45. The summed E-state index contributed by atoms with van der Waals surface area (Å²) in [6.45, 7) is 0. The third kappa shape index (κ3) is 5.13. The average Bonchev–Trinajstić information content (AvgIpc) is 2.14. The zero-order valence-electron chi connectivity index (χ0n) is 8.12. The first-order valence-electron chi connectivity index (χ1n) is 4.09. The highest BCUT2D eigenvalue weighted by molar-refractivity contribution is 5.87.